The standard InChI is InChI=1S/C23H28F3N5O3/c1-12(32)30-7-6-8-31-17(11-30)18(21(33)29-19(22(34)27-5)23(2,3)4)28-20(31)13-9-15(25)16(26)10-14(13)24/h9-10,19H,6-8,11H2,1-5H3,(H,27,34)(H,29,33). The zero-order valence-electron chi connectivity index (χ0n) is 19.8. The van der Waals surface area contributed by atoms with Crippen molar-refractivity contribution in [1.29, 1.82) is 0 Å². The Morgan fingerprint density at radius 1 is 1.06 bits per heavy atom. The maximum Gasteiger partial charge on any atom is 0.272 e. The van der Waals surface area contributed by atoms with Crippen molar-refractivity contribution in [3.8, 4) is 11.4 Å². The SMILES string of the molecule is CNC(=O)C(NC(=O)c1nc(-c2cc(F)c(F)cc2F)n2c1CN(C(C)=O)CCC2)C(C)(C)C. The van der Waals surface area contributed by atoms with E-state index in [1.807, 2.05) is 0 Å². The minimum atomic E-state index is -1.34. The molecule has 8 nitrogen and oxygen atoms in total. The van der Waals surface area contributed by atoms with Crippen molar-refractivity contribution in [2.45, 2.75) is 53.2 Å². The molecule has 0 fully saturated rings. The predicted octanol–water partition coefficient (Wildman–Crippen LogP) is 2.61. The molecule has 1 aliphatic heterocycles. The van der Waals surface area contributed by atoms with Gasteiger partial charge < -0.3 is 20.1 Å². The number of amides is 3. The molecular formula is C23H28F3N5O3. The highest BCUT2D eigenvalue weighted by molar-refractivity contribution is 5.98. The number of imidazole rings is 1. The topological polar surface area (TPSA) is 96.3 Å². The van der Waals surface area contributed by atoms with Gasteiger partial charge in [-0.05, 0) is 17.9 Å². The Morgan fingerprint density at radius 3 is 2.29 bits per heavy atom. The van der Waals surface area contributed by atoms with Crippen LogP contribution in [0.1, 0.15) is 50.3 Å². The van der Waals surface area contributed by atoms with Crippen molar-refractivity contribution in [3.63, 3.8) is 0 Å². The Labute approximate surface area is 195 Å². The van der Waals surface area contributed by atoms with Gasteiger partial charge in [-0.3, -0.25) is 14.4 Å². The van der Waals surface area contributed by atoms with E-state index in [4.69, 9.17) is 0 Å². The molecule has 1 aromatic carbocycles. The van der Waals surface area contributed by atoms with Gasteiger partial charge in [0.1, 0.15) is 17.7 Å². The fourth-order valence-corrected chi connectivity index (χ4v) is 3.94. The molecule has 34 heavy (non-hydrogen) atoms. The van der Waals surface area contributed by atoms with Crippen LogP contribution in [0, 0.1) is 22.9 Å². The number of benzene rings is 1. The molecule has 0 spiro atoms. The van der Waals surface area contributed by atoms with E-state index < -0.39 is 40.7 Å². The number of carbonyl (C=O) groups excluding carboxylic acids is 3. The van der Waals surface area contributed by atoms with E-state index in [0.29, 0.717) is 30.8 Å². The monoisotopic (exact) mass is 479 g/mol. The third-order valence-electron chi connectivity index (χ3n) is 5.78. The van der Waals surface area contributed by atoms with Crippen LogP contribution < -0.4 is 10.6 Å². The minimum Gasteiger partial charge on any atom is -0.357 e. The molecule has 0 saturated carbocycles. The molecule has 2 N–H and O–H groups in total. The van der Waals surface area contributed by atoms with Crippen LogP contribution in [0.4, 0.5) is 13.2 Å². The number of likely N-dealkylation sites (N-methyl/N-ethyl adjacent to an activating group) is 1. The Morgan fingerprint density at radius 2 is 1.71 bits per heavy atom. The third kappa shape index (κ3) is 4.92. The van der Waals surface area contributed by atoms with Crippen LogP contribution >= 0.6 is 0 Å². The predicted molar refractivity (Wildman–Crippen MR) is 118 cm³/mol. The molecule has 1 aromatic heterocycles. The molecule has 3 rings (SSSR count). The molecular weight excluding hydrogens is 451 g/mol. The molecule has 2 aromatic rings. The van der Waals surface area contributed by atoms with Crippen LogP contribution in [-0.4, -0.2) is 51.8 Å². The van der Waals surface area contributed by atoms with Crippen molar-refractivity contribution in [2.75, 3.05) is 13.6 Å². The summed E-state index contributed by atoms with van der Waals surface area (Å²) in [7, 11) is 1.45. The number of aromatic nitrogens is 2. The summed E-state index contributed by atoms with van der Waals surface area (Å²) in [5, 5.41) is 5.19. The quantitative estimate of drug-likeness (QED) is 0.659. The van der Waals surface area contributed by atoms with Crippen molar-refractivity contribution in [3.05, 3.63) is 41.0 Å². The summed E-state index contributed by atoms with van der Waals surface area (Å²) in [5.74, 6) is -5.04. The first kappa shape index (κ1) is 25.3. The van der Waals surface area contributed by atoms with Gasteiger partial charge in [-0.25, -0.2) is 18.2 Å². The van der Waals surface area contributed by atoms with Gasteiger partial charge in [-0.2, -0.15) is 0 Å². The largest absolute Gasteiger partial charge is 0.357 e. The van der Waals surface area contributed by atoms with E-state index in [-0.39, 0.29) is 36.1 Å². The molecule has 2 heterocycles. The fourth-order valence-electron chi connectivity index (χ4n) is 3.94. The lowest BCUT2D eigenvalue weighted by Crippen LogP contribution is -2.53. The molecule has 3 amide bonds. The highest BCUT2D eigenvalue weighted by Crippen LogP contribution is 2.30. The summed E-state index contributed by atoms with van der Waals surface area (Å²) in [6, 6.07) is 0.199. The summed E-state index contributed by atoms with van der Waals surface area (Å²) in [5.41, 5.74) is -0.763. The van der Waals surface area contributed by atoms with Gasteiger partial charge in [0.05, 0.1) is 17.8 Å². The van der Waals surface area contributed by atoms with Crippen LogP contribution in [0.25, 0.3) is 11.4 Å². The van der Waals surface area contributed by atoms with Gasteiger partial charge in [0.25, 0.3) is 5.91 Å². The van der Waals surface area contributed by atoms with Crippen LogP contribution in [-0.2, 0) is 22.7 Å². The summed E-state index contributed by atoms with van der Waals surface area (Å²) in [6.07, 6.45) is 0.477. The molecule has 0 saturated heterocycles. The van der Waals surface area contributed by atoms with Crippen molar-refractivity contribution in [1.82, 2.24) is 25.1 Å². The third-order valence-corrected chi connectivity index (χ3v) is 5.78. The number of hydrogen-bond acceptors (Lipinski definition) is 4. The summed E-state index contributed by atoms with van der Waals surface area (Å²) < 4.78 is 43.7. The van der Waals surface area contributed by atoms with Crippen LogP contribution in [0.3, 0.4) is 0 Å². The van der Waals surface area contributed by atoms with Crippen molar-refractivity contribution >= 4 is 17.7 Å². The zero-order valence-corrected chi connectivity index (χ0v) is 19.8. The highest BCUT2D eigenvalue weighted by atomic mass is 19.2. The molecule has 184 valence electrons. The van der Waals surface area contributed by atoms with E-state index in [1.165, 1.54) is 18.9 Å². The lowest BCUT2D eigenvalue weighted by Gasteiger charge is -2.29. The number of rotatable bonds is 4. The lowest BCUT2D eigenvalue weighted by atomic mass is 9.86. The maximum atomic E-state index is 14.6. The first-order chi connectivity index (χ1) is 15.8. The van der Waals surface area contributed by atoms with Gasteiger partial charge >= 0.3 is 0 Å². The molecule has 0 bridgehead atoms. The van der Waals surface area contributed by atoms with Gasteiger partial charge in [-0.15, -0.1) is 0 Å². The fraction of sp³-hybridized carbons (Fsp3) is 0.478. The Hall–Kier alpha value is -3.37. The number of carbonyl (C=O) groups is 3. The number of nitrogens with one attached hydrogen (secondary N) is 2. The highest BCUT2D eigenvalue weighted by Gasteiger charge is 2.35. The molecule has 11 heteroatoms. The molecule has 0 aliphatic carbocycles. The van der Waals surface area contributed by atoms with E-state index in [1.54, 1.807) is 25.3 Å². The molecule has 1 atom stereocenters. The lowest BCUT2D eigenvalue weighted by molar-refractivity contribution is -0.129. The average molecular weight is 480 g/mol. The van der Waals surface area contributed by atoms with Gasteiger partial charge in [-0.1, -0.05) is 20.8 Å². The van der Waals surface area contributed by atoms with Gasteiger partial charge in [0.15, 0.2) is 17.3 Å². The maximum absolute atomic E-state index is 14.6. The van der Waals surface area contributed by atoms with Crippen LogP contribution in [0.5, 0.6) is 0 Å². The summed E-state index contributed by atoms with van der Waals surface area (Å²) in [6.45, 7) is 7.40. The summed E-state index contributed by atoms with van der Waals surface area (Å²) >= 11 is 0. The normalized spacial score (nSPS) is 14.8. The van der Waals surface area contributed by atoms with Gasteiger partial charge in [0, 0.05) is 33.1 Å². The first-order valence-electron chi connectivity index (χ1n) is 10.9. The molecule has 0 radical (unpaired) electrons. The average Bonchev–Trinajstić information content (AvgIpc) is 2.95. The molecule has 1 unspecified atom stereocenters. The van der Waals surface area contributed by atoms with Gasteiger partial charge in [0.2, 0.25) is 11.8 Å². The summed E-state index contributed by atoms with van der Waals surface area (Å²) in [4.78, 5) is 43.7. The first-order valence-corrected chi connectivity index (χ1v) is 10.9. The number of halogens is 3. The smallest absolute Gasteiger partial charge is 0.272 e. The van der Waals surface area contributed by atoms with Crippen molar-refractivity contribution < 1.29 is 27.6 Å². The number of hydrogen-bond donors (Lipinski definition) is 2. The van der Waals surface area contributed by atoms with E-state index in [2.05, 4.69) is 15.6 Å². The molecule has 1 aliphatic rings. The van der Waals surface area contributed by atoms with Crippen molar-refractivity contribution in [2.24, 2.45) is 5.41 Å². The van der Waals surface area contributed by atoms with E-state index in [0.717, 1.165) is 0 Å². The minimum absolute atomic E-state index is 0.0105. The second-order valence-corrected chi connectivity index (χ2v) is 9.31. The van der Waals surface area contributed by atoms with Crippen LogP contribution in [0.15, 0.2) is 12.1 Å². The van der Waals surface area contributed by atoms with E-state index in [9.17, 15) is 27.6 Å². The number of fused-ring (bicyclic) bond motifs is 1. The number of nitrogens with zero attached hydrogens (tertiary/aromatic N) is 3. The Kier molecular flexibility index (Phi) is 7.04. The second-order valence-electron chi connectivity index (χ2n) is 9.31. The van der Waals surface area contributed by atoms with E-state index >= 15 is 0 Å². The zero-order chi connectivity index (χ0) is 25.4. The Balaban J connectivity index is 2.15. The Bertz CT molecular complexity index is 1140. The van der Waals surface area contributed by atoms with Crippen LogP contribution in [0.2, 0.25) is 0 Å². The second kappa shape index (κ2) is 9.47.